The molecule has 0 saturated carbocycles. The maximum atomic E-state index is 13.4. The largest absolute Gasteiger partial charge is 0.356 e. The molecule has 0 aliphatic heterocycles. The van der Waals surface area contributed by atoms with E-state index >= 15 is 0 Å². The molecule has 4 nitrogen and oxygen atoms in total. The molecule has 1 aromatic heterocycles. The van der Waals surface area contributed by atoms with E-state index < -0.39 is 0 Å². The fraction of sp³-hybridized carbons (Fsp3) is 0.412. The molecule has 0 spiro atoms. The summed E-state index contributed by atoms with van der Waals surface area (Å²) in [5.41, 5.74) is 3.63. The van der Waals surface area contributed by atoms with Gasteiger partial charge < -0.3 is 10.6 Å². The first-order valence-corrected chi connectivity index (χ1v) is 8.40. The van der Waals surface area contributed by atoms with Crippen LogP contribution in [0.15, 0.2) is 34.8 Å². The highest BCUT2D eigenvalue weighted by molar-refractivity contribution is 14.0. The monoisotopic (exact) mass is 462 g/mol. The fourth-order valence-corrected chi connectivity index (χ4v) is 2.91. The van der Waals surface area contributed by atoms with Crippen molar-refractivity contribution in [1.82, 2.24) is 15.6 Å². The molecule has 0 saturated heterocycles. The fourth-order valence-electron chi connectivity index (χ4n) is 2.20. The van der Waals surface area contributed by atoms with Crippen molar-refractivity contribution in [3.8, 4) is 0 Å². The van der Waals surface area contributed by atoms with E-state index in [9.17, 15) is 4.39 Å². The molecule has 1 heterocycles. The molecule has 2 rings (SSSR count). The molecule has 2 N–H and O–H groups in total. The number of aryl methyl sites for hydroxylation is 1. The van der Waals surface area contributed by atoms with Crippen LogP contribution >= 0.6 is 35.3 Å². The Hall–Kier alpha value is -1.22. The van der Waals surface area contributed by atoms with Crippen molar-refractivity contribution in [2.24, 2.45) is 4.99 Å². The predicted molar refractivity (Wildman–Crippen MR) is 110 cm³/mol. The van der Waals surface area contributed by atoms with Crippen molar-refractivity contribution < 1.29 is 4.39 Å². The van der Waals surface area contributed by atoms with Crippen LogP contribution < -0.4 is 10.6 Å². The van der Waals surface area contributed by atoms with Gasteiger partial charge in [0.25, 0.3) is 0 Å². The third-order valence-electron chi connectivity index (χ3n) is 3.79. The van der Waals surface area contributed by atoms with E-state index in [1.165, 1.54) is 10.9 Å². The number of hydrogen-bond donors (Lipinski definition) is 2. The first-order chi connectivity index (χ1) is 10.9. The Morgan fingerprint density at radius 3 is 2.67 bits per heavy atom. The van der Waals surface area contributed by atoms with Crippen LogP contribution in [0.1, 0.15) is 30.0 Å². The van der Waals surface area contributed by atoms with Gasteiger partial charge in [0.2, 0.25) is 0 Å². The third kappa shape index (κ3) is 5.70. The van der Waals surface area contributed by atoms with Gasteiger partial charge >= 0.3 is 0 Å². The molecule has 0 aliphatic rings. The SMILES string of the molecule is CN=C(NCc1scnc1C)NCC(C)(C)c1cccc(F)c1.I. The molecule has 0 bridgehead atoms. The molecule has 0 unspecified atom stereocenters. The molecular weight excluding hydrogens is 438 g/mol. The third-order valence-corrected chi connectivity index (χ3v) is 4.72. The summed E-state index contributed by atoms with van der Waals surface area (Å²) in [5.74, 6) is 0.515. The highest BCUT2D eigenvalue weighted by Crippen LogP contribution is 2.22. The highest BCUT2D eigenvalue weighted by atomic mass is 127. The van der Waals surface area contributed by atoms with Crippen LogP contribution in [-0.4, -0.2) is 24.5 Å². The Morgan fingerprint density at radius 2 is 2.08 bits per heavy atom. The van der Waals surface area contributed by atoms with Gasteiger partial charge in [-0.15, -0.1) is 35.3 Å². The molecular formula is C17H24FIN4S. The molecule has 1 aromatic carbocycles. The average molecular weight is 462 g/mol. The van der Waals surface area contributed by atoms with Crippen molar-refractivity contribution in [1.29, 1.82) is 0 Å². The Balaban J connectivity index is 0.00000288. The second kappa shape index (κ2) is 9.31. The van der Waals surface area contributed by atoms with Gasteiger partial charge in [0.15, 0.2) is 5.96 Å². The lowest BCUT2D eigenvalue weighted by molar-refractivity contribution is 0.503. The minimum atomic E-state index is -0.209. The molecule has 7 heteroatoms. The van der Waals surface area contributed by atoms with Crippen LogP contribution in [-0.2, 0) is 12.0 Å². The Morgan fingerprint density at radius 1 is 1.33 bits per heavy atom. The van der Waals surface area contributed by atoms with E-state index in [2.05, 4.69) is 34.5 Å². The number of hydrogen-bond acceptors (Lipinski definition) is 3. The first-order valence-electron chi connectivity index (χ1n) is 7.52. The summed E-state index contributed by atoms with van der Waals surface area (Å²) in [6, 6.07) is 6.73. The highest BCUT2D eigenvalue weighted by Gasteiger charge is 2.21. The average Bonchev–Trinajstić information content (AvgIpc) is 2.93. The van der Waals surface area contributed by atoms with Gasteiger partial charge in [-0.05, 0) is 24.6 Å². The smallest absolute Gasteiger partial charge is 0.191 e. The van der Waals surface area contributed by atoms with Gasteiger partial charge in [-0.3, -0.25) is 4.99 Å². The van der Waals surface area contributed by atoms with E-state index in [0.717, 1.165) is 17.2 Å². The summed E-state index contributed by atoms with van der Waals surface area (Å²) in [6.45, 7) is 7.50. The summed E-state index contributed by atoms with van der Waals surface area (Å²) in [4.78, 5) is 9.66. The van der Waals surface area contributed by atoms with Crippen molar-refractivity contribution in [2.75, 3.05) is 13.6 Å². The Labute approximate surface area is 164 Å². The van der Waals surface area contributed by atoms with Gasteiger partial charge in [-0.25, -0.2) is 9.37 Å². The molecule has 132 valence electrons. The van der Waals surface area contributed by atoms with E-state index in [-0.39, 0.29) is 35.2 Å². The lowest BCUT2D eigenvalue weighted by Crippen LogP contribution is -2.43. The van der Waals surface area contributed by atoms with Crippen LogP contribution in [0.3, 0.4) is 0 Å². The van der Waals surface area contributed by atoms with Crippen LogP contribution in [0.4, 0.5) is 4.39 Å². The predicted octanol–water partition coefficient (Wildman–Crippen LogP) is 3.85. The van der Waals surface area contributed by atoms with Crippen molar-refractivity contribution in [2.45, 2.75) is 32.7 Å². The van der Waals surface area contributed by atoms with Gasteiger partial charge in [0.05, 0.1) is 17.7 Å². The van der Waals surface area contributed by atoms with Crippen molar-refractivity contribution in [3.05, 3.63) is 51.7 Å². The molecule has 24 heavy (non-hydrogen) atoms. The standard InChI is InChI=1S/C17H23FN4S.HI/c1-12-15(23-11-22-12)9-20-16(19-4)21-10-17(2,3)13-6-5-7-14(18)8-13;/h5-8,11H,9-10H2,1-4H3,(H2,19,20,21);1H. The number of rotatable bonds is 5. The summed E-state index contributed by atoms with van der Waals surface area (Å²) in [5, 5.41) is 6.59. The van der Waals surface area contributed by atoms with E-state index in [1.54, 1.807) is 30.5 Å². The normalized spacial score (nSPS) is 11.8. The zero-order valence-corrected chi connectivity index (χ0v) is 17.5. The Bertz CT molecular complexity index is 685. The lowest BCUT2D eigenvalue weighted by Gasteiger charge is -2.26. The number of aromatic nitrogens is 1. The summed E-state index contributed by atoms with van der Waals surface area (Å²) >= 11 is 1.63. The molecule has 0 amide bonds. The van der Waals surface area contributed by atoms with Gasteiger partial charge in [-0.2, -0.15) is 0 Å². The van der Waals surface area contributed by atoms with Crippen LogP contribution in [0.2, 0.25) is 0 Å². The number of guanidine groups is 1. The van der Waals surface area contributed by atoms with E-state index in [1.807, 2.05) is 18.5 Å². The number of nitrogens with zero attached hydrogens (tertiary/aromatic N) is 2. The van der Waals surface area contributed by atoms with Gasteiger partial charge in [-0.1, -0.05) is 26.0 Å². The number of halogens is 2. The summed E-state index contributed by atoms with van der Waals surface area (Å²) in [7, 11) is 1.74. The van der Waals surface area contributed by atoms with Crippen molar-refractivity contribution >= 4 is 41.3 Å². The number of benzene rings is 1. The van der Waals surface area contributed by atoms with Gasteiger partial charge in [0.1, 0.15) is 5.82 Å². The summed E-state index contributed by atoms with van der Waals surface area (Å²) in [6.07, 6.45) is 0. The number of aliphatic imine (C=N–C) groups is 1. The maximum absolute atomic E-state index is 13.4. The van der Waals surface area contributed by atoms with E-state index in [0.29, 0.717) is 13.1 Å². The molecule has 0 radical (unpaired) electrons. The van der Waals surface area contributed by atoms with Crippen LogP contribution in [0.25, 0.3) is 0 Å². The van der Waals surface area contributed by atoms with Crippen molar-refractivity contribution in [3.63, 3.8) is 0 Å². The van der Waals surface area contributed by atoms with Crippen LogP contribution in [0, 0.1) is 12.7 Å². The number of nitrogens with one attached hydrogen (secondary N) is 2. The second-order valence-electron chi connectivity index (χ2n) is 6.03. The molecule has 0 aliphatic carbocycles. The zero-order valence-electron chi connectivity index (χ0n) is 14.4. The summed E-state index contributed by atoms with van der Waals surface area (Å²) < 4.78 is 13.4. The van der Waals surface area contributed by atoms with Crippen LogP contribution in [0.5, 0.6) is 0 Å². The van der Waals surface area contributed by atoms with Gasteiger partial charge in [0, 0.05) is 23.9 Å². The Kier molecular flexibility index (Phi) is 8.08. The molecule has 2 aromatic rings. The quantitative estimate of drug-likeness (QED) is 0.403. The topological polar surface area (TPSA) is 49.3 Å². The molecule has 0 atom stereocenters. The maximum Gasteiger partial charge on any atom is 0.191 e. The second-order valence-corrected chi connectivity index (χ2v) is 6.97. The first kappa shape index (κ1) is 20.8. The van der Waals surface area contributed by atoms with E-state index in [4.69, 9.17) is 0 Å². The minimum absolute atomic E-state index is 0. The molecule has 0 fully saturated rings. The number of thiazole rings is 1. The zero-order chi connectivity index (χ0) is 16.9. The minimum Gasteiger partial charge on any atom is -0.356 e. The lowest BCUT2D eigenvalue weighted by atomic mass is 9.84.